The molecule has 0 spiro atoms. The summed E-state index contributed by atoms with van der Waals surface area (Å²) in [5, 5.41) is 4.27. The number of hydrogen-bond acceptors (Lipinski definition) is 2. The van der Waals surface area contributed by atoms with Gasteiger partial charge in [0.2, 0.25) is 0 Å². The molecule has 0 N–H and O–H groups in total. The van der Waals surface area contributed by atoms with Crippen LogP contribution in [-0.4, -0.2) is 23.5 Å². The average molecular weight is 154 g/mol. The lowest BCUT2D eigenvalue weighted by Crippen LogP contribution is -2.11. The van der Waals surface area contributed by atoms with Crippen LogP contribution in [0.5, 0.6) is 0 Å². The van der Waals surface area contributed by atoms with Crippen molar-refractivity contribution < 1.29 is 4.74 Å². The molecule has 0 fully saturated rings. The van der Waals surface area contributed by atoms with Gasteiger partial charge in [-0.15, -0.1) is 0 Å². The normalized spacial score (nSPS) is 13.4. The van der Waals surface area contributed by atoms with E-state index in [0.29, 0.717) is 12.6 Å². The molecular weight excluding hydrogens is 140 g/mol. The number of hydrogen-bond donors (Lipinski definition) is 0. The Balaban J connectivity index is 2.60. The molecule has 0 aliphatic rings. The van der Waals surface area contributed by atoms with Gasteiger partial charge < -0.3 is 4.74 Å². The molecule has 1 rings (SSSR count). The number of rotatable bonds is 3. The summed E-state index contributed by atoms with van der Waals surface area (Å²) in [6, 6.07) is 2.32. The van der Waals surface area contributed by atoms with Gasteiger partial charge >= 0.3 is 0 Å². The van der Waals surface area contributed by atoms with Crippen LogP contribution in [0.15, 0.2) is 12.3 Å². The van der Waals surface area contributed by atoms with Gasteiger partial charge in [-0.25, -0.2) is 0 Å². The van der Waals surface area contributed by atoms with Crippen molar-refractivity contribution in [1.29, 1.82) is 0 Å². The summed E-state index contributed by atoms with van der Waals surface area (Å²) < 4.78 is 6.92. The Kier molecular flexibility index (Phi) is 2.65. The fraction of sp³-hybridized carbons (Fsp3) is 0.625. The second-order valence-corrected chi connectivity index (χ2v) is 2.74. The van der Waals surface area contributed by atoms with Crippen LogP contribution < -0.4 is 0 Å². The van der Waals surface area contributed by atoms with Crippen LogP contribution in [0.1, 0.15) is 18.7 Å². The molecule has 0 amide bonds. The minimum atomic E-state index is 0.327. The zero-order valence-electron chi connectivity index (χ0n) is 7.24. The van der Waals surface area contributed by atoms with Crippen molar-refractivity contribution in [3.8, 4) is 0 Å². The first-order valence-corrected chi connectivity index (χ1v) is 3.74. The van der Waals surface area contributed by atoms with Gasteiger partial charge in [-0.05, 0) is 19.9 Å². The van der Waals surface area contributed by atoms with E-state index in [1.165, 1.54) is 0 Å². The van der Waals surface area contributed by atoms with Crippen molar-refractivity contribution in [2.24, 2.45) is 0 Å². The predicted octanol–water partition coefficient (Wildman–Crippen LogP) is 1.40. The average Bonchev–Trinajstić information content (AvgIpc) is 2.36. The van der Waals surface area contributed by atoms with E-state index in [-0.39, 0.29) is 0 Å². The SMILES string of the molecule is COCC(C)n1ccc(C)n1. The highest BCUT2D eigenvalue weighted by Gasteiger charge is 2.03. The van der Waals surface area contributed by atoms with E-state index in [1.807, 2.05) is 23.9 Å². The molecule has 1 aromatic heterocycles. The molecule has 0 aliphatic carbocycles. The van der Waals surface area contributed by atoms with Gasteiger partial charge in [0.05, 0.1) is 18.3 Å². The third-order valence-corrected chi connectivity index (χ3v) is 1.60. The quantitative estimate of drug-likeness (QED) is 0.658. The number of ether oxygens (including phenoxy) is 1. The maximum Gasteiger partial charge on any atom is 0.0724 e. The molecule has 62 valence electrons. The zero-order valence-corrected chi connectivity index (χ0v) is 7.24. The standard InChI is InChI=1S/C8H14N2O/c1-7-4-5-10(9-7)8(2)6-11-3/h4-5,8H,6H2,1-3H3. The van der Waals surface area contributed by atoms with Crippen molar-refractivity contribution >= 4 is 0 Å². The lowest BCUT2D eigenvalue weighted by atomic mass is 10.4. The molecule has 0 saturated heterocycles. The van der Waals surface area contributed by atoms with E-state index in [4.69, 9.17) is 4.74 Å². The third-order valence-electron chi connectivity index (χ3n) is 1.60. The van der Waals surface area contributed by atoms with Crippen LogP contribution in [-0.2, 0) is 4.74 Å². The van der Waals surface area contributed by atoms with Crippen LogP contribution >= 0.6 is 0 Å². The van der Waals surface area contributed by atoms with Crippen molar-refractivity contribution in [2.45, 2.75) is 19.9 Å². The van der Waals surface area contributed by atoms with Gasteiger partial charge in [-0.3, -0.25) is 4.68 Å². The van der Waals surface area contributed by atoms with E-state index < -0.39 is 0 Å². The molecule has 1 heterocycles. The van der Waals surface area contributed by atoms with Crippen LogP contribution in [0.4, 0.5) is 0 Å². The van der Waals surface area contributed by atoms with Crippen molar-refractivity contribution in [1.82, 2.24) is 9.78 Å². The molecule has 0 aliphatic heterocycles. The summed E-state index contributed by atoms with van der Waals surface area (Å²) in [5.74, 6) is 0. The number of aromatic nitrogens is 2. The molecule has 11 heavy (non-hydrogen) atoms. The highest BCUT2D eigenvalue weighted by atomic mass is 16.5. The molecule has 1 atom stereocenters. The first-order valence-electron chi connectivity index (χ1n) is 3.74. The summed E-state index contributed by atoms with van der Waals surface area (Å²) >= 11 is 0. The van der Waals surface area contributed by atoms with Crippen LogP contribution in [0.3, 0.4) is 0 Å². The lowest BCUT2D eigenvalue weighted by Gasteiger charge is -2.09. The Morgan fingerprint density at radius 2 is 2.45 bits per heavy atom. The smallest absolute Gasteiger partial charge is 0.0724 e. The van der Waals surface area contributed by atoms with Gasteiger partial charge in [0.25, 0.3) is 0 Å². The Bertz CT molecular complexity index is 220. The highest BCUT2D eigenvalue weighted by molar-refractivity contribution is 4.95. The fourth-order valence-electron chi connectivity index (χ4n) is 0.996. The van der Waals surface area contributed by atoms with E-state index in [1.54, 1.807) is 7.11 Å². The Hall–Kier alpha value is -0.830. The van der Waals surface area contributed by atoms with Gasteiger partial charge in [0.1, 0.15) is 0 Å². The predicted molar refractivity (Wildman–Crippen MR) is 43.6 cm³/mol. The maximum absolute atomic E-state index is 5.01. The lowest BCUT2D eigenvalue weighted by molar-refractivity contribution is 0.157. The second-order valence-electron chi connectivity index (χ2n) is 2.74. The molecule has 3 heteroatoms. The van der Waals surface area contributed by atoms with Crippen molar-refractivity contribution in [3.63, 3.8) is 0 Å². The number of methoxy groups -OCH3 is 1. The molecular formula is C8H14N2O. The Morgan fingerprint density at radius 3 is 2.91 bits per heavy atom. The molecule has 1 unspecified atom stereocenters. The zero-order chi connectivity index (χ0) is 8.27. The van der Waals surface area contributed by atoms with E-state index in [2.05, 4.69) is 12.0 Å². The van der Waals surface area contributed by atoms with Gasteiger partial charge in [0, 0.05) is 13.3 Å². The summed E-state index contributed by atoms with van der Waals surface area (Å²) in [4.78, 5) is 0. The molecule has 1 aromatic rings. The molecule has 0 saturated carbocycles. The van der Waals surface area contributed by atoms with Gasteiger partial charge in [-0.1, -0.05) is 0 Å². The summed E-state index contributed by atoms with van der Waals surface area (Å²) in [6.07, 6.45) is 1.97. The monoisotopic (exact) mass is 154 g/mol. The second kappa shape index (κ2) is 3.53. The van der Waals surface area contributed by atoms with E-state index >= 15 is 0 Å². The van der Waals surface area contributed by atoms with E-state index in [0.717, 1.165) is 5.69 Å². The number of nitrogens with zero attached hydrogens (tertiary/aromatic N) is 2. The van der Waals surface area contributed by atoms with Gasteiger partial charge in [-0.2, -0.15) is 5.10 Å². The minimum Gasteiger partial charge on any atom is -0.382 e. The first-order chi connectivity index (χ1) is 5.24. The number of aryl methyl sites for hydroxylation is 1. The van der Waals surface area contributed by atoms with Crippen molar-refractivity contribution in [3.05, 3.63) is 18.0 Å². The first kappa shape index (κ1) is 8.27. The topological polar surface area (TPSA) is 27.1 Å². The summed E-state index contributed by atoms with van der Waals surface area (Å²) in [6.45, 7) is 4.77. The molecule has 3 nitrogen and oxygen atoms in total. The molecule has 0 radical (unpaired) electrons. The largest absolute Gasteiger partial charge is 0.382 e. The van der Waals surface area contributed by atoms with Crippen molar-refractivity contribution in [2.75, 3.05) is 13.7 Å². The fourth-order valence-corrected chi connectivity index (χ4v) is 0.996. The molecule has 0 aromatic carbocycles. The summed E-state index contributed by atoms with van der Waals surface area (Å²) in [5.41, 5.74) is 1.05. The summed E-state index contributed by atoms with van der Waals surface area (Å²) in [7, 11) is 1.70. The van der Waals surface area contributed by atoms with E-state index in [9.17, 15) is 0 Å². The Morgan fingerprint density at radius 1 is 1.73 bits per heavy atom. The van der Waals surface area contributed by atoms with Crippen LogP contribution in [0, 0.1) is 6.92 Å². The van der Waals surface area contributed by atoms with Crippen LogP contribution in [0.25, 0.3) is 0 Å². The minimum absolute atomic E-state index is 0.327. The van der Waals surface area contributed by atoms with Gasteiger partial charge in [0.15, 0.2) is 0 Å². The third kappa shape index (κ3) is 2.05. The van der Waals surface area contributed by atoms with Crippen LogP contribution in [0.2, 0.25) is 0 Å². The molecule has 0 bridgehead atoms. The Labute approximate surface area is 67.0 Å². The highest BCUT2D eigenvalue weighted by Crippen LogP contribution is 2.04. The maximum atomic E-state index is 5.01.